The molecule has 0 aliphatic carbocycles. The molecule has 5 aromatic rings. The third-order valence-corrected chi connectivity index (χ3v) is 8.64. The van der Waals surface area contributed by atoms with Gasteiger partial charge in [0.05, 0.1) is 27.2 Å². The molecule has 0 spiro atoms. The summed E-state index contributed by atoms with van der Waals surface area (Å²) in [6.45, 7) is 4.80. The summed E-state index contributed by atoms with van der Waals surface area (Å²) in [6, 6.07) is 25.1. The third kappa shape index (κ3) is 6.82. The second kappa shape index (κ2) is 14.5. The molecule has 1 aliphatic rings. The van der Waals surface area contributed by atoms with Crippen molar-refractivity contribution in [2.45, 2.75) is 51.2 Å². The second-order valence-electron chi connectivity index (χ2n) is 12.2. The number of benzene rings is 3. The number of hydrogen-bond acceptors (Lipinski definition) is 10. The Labute approximate surface area is 288 Å². The third-order valence-electron chi connectivity index (χ3n) is 8.64. The van der Waals surface area contributed by atoms with Crippen molar-refractivity contribution in [2.75, 3.05) is 26.1 Å². The van der Waals surface area contributed by atoms with E-state index in [2.05, 4.69) is 20.3 Å². The van der Waals surface area contributed by atoms with Crippen LogP contribution in [0, 0.1) is 5.92 Å². The number of hydrogen-bond donors (Lipinski definition) is 2. The fraction of sp³-hybridized carbons (Fsp3) is 0.324. The van der Waals surface area contributed by atoms with Gasteiger partial charge in [-0.3, -0.25) is 29.3 Å². The van der Waals surface area contributed by atoms with Crippen molar-refractivity contribution in [3.63, 3.8) is 0 Å². The number of rotatable bonds is 12. The van der Waals surface area contributed by atoms with Gasteiger partial charge in [-0.05, 0) is 41.0 Å². The van der Waals surface area contributed by atoms with E-state index in [1.807, 2.05) is 78.9 Å². The molecular weight excluding hydrogens is 642 g/mol. The van der Waals surface area contributed by atoms with Crippen LogP contribution in [0.1, 0.15) is 50.1 Å². The second-order valence-corrected chi connectivity index (χ2v) is 12.2. The molecule has 3 heterocycles. The summed E-state index contributed by atoms with van der Waals surface area (Å²) in [4.78, 5) is 48.9. The van der Waals surface area contributed by atoms with Crippen LogP contribution in [-0.4, -0.2) is 64.4 Å². The number of carbonyl (C=O) groups excluding carboxylic acids is 2. The van der Waals surface area contributed by atoms with Gasteiger partial charge in [-0.1, -0.05) is 68.4 Å². The molecule has 13 heteroatoms. The molecule has 6 rings (SSSR count). The van der Waals surface area contributed by atoms with E-state index in [0.717, 1.165) is 16.7 Å². The molecule has 1 saturated heterocycles. The minimum absolute atomic E-state index is 0.00225. The number of aromatic amines is 1. The van der Waals surface area contributed by atoms with Crippen molar-refractivity contribution in [1.82, 2.24) is 19.5 Å². The Balaban J connectivity index is 1.38. The number of amides is 1. The van der Waals surface area contributed by atoms with Crippen molar-refractivity contribution in [1.29, 1.82) is 0 Å². The van der Waals surface area contributed by atoms with E-state index >= 15 is 0 Å². The topological polar surface area (TPSA) is 156 Å². The summed E-state index contributed by atoms with van der Waals surface area (Å²) in [5.41, 5.74) is 1.13. The number of nitrogens with zero attached hydrogens (tertiary/aromatic N) is 3. The average molecular weight is 682 g/mol. The Morgan fingerprint density at radius 3 is 2.12 bits per heavy atom. The van der Waals surface area contributed by atoms with Gasteiger partial charge in [0, 0.05) is 19.3 Å². The van der Waals surface area contributed by atoms with Gasteiger partial charge in [-0.2, -0.15) is 4.98 Å². The van der Waals surface area contributed by atoms with Crippen molar-refractivity contribution >= 4 is 29.0 Å². The number of fused-ring (bicyclic) bond motifs is 1. The molecule has 260 valence electrons. The fourth-order valence-corrected chi connectivity index (χ4v) is 6.10. The number of imidazole rings is 1. The van der Waals surface area contributed by atoms with Crippen LogP contribution in [-0.2, 0) is 29.4 Å². The molecule has 1 fully saturated rings. The van der Waals surface area contributed by atoms with E-state index in [9.17, 15) is 14.4 Å². The average Bonchev–Trinajstić information content (AvgIpc) is 3.73. The highest BCUT2D eigenvalue weighted by Crippen LogP contribution is 2.43. The highest BCUT2D eigenvalue weighted by atomic mass is 16.6. The first-order valence-corrected chi connectivity index (χ1v) is 16.2. The van der Waals surface area contributed by atoms with Crippen molar-refractivity contribution < 1.29 is 33.3 Å². The maximum absolute atomic E-state index is 12.9. The minimum Gasteiger partial charge on any atom is -0.497 e. The van der Waals surface area contributed by atoms with Crippen LogP contribution < -0.4 is 20.3 Å². The minimum atomic E-state index is -1.14. The summed E-state index contributed by atoms with van der Waals surface area (Å²) >= 11 is 0. The van der Waals surface area contributed by atoms with Crippen LogP contribution in [0.25, 0.3) is 11.2 Å². The van der Waals surface area contributed by atoms with Crippen molar-refractivity contribution in [2.24, 2.45) is 5.92 Å². The predicted octanol–water partition coefficient (Wildman–Crippen LogP) is 4.96. The molecule has 1 amide bonds. The molecule has 50 heavy (non-hydrogen) atoms. The van der Waals surface area contributed by atoms with Gasteiger partial charge in [0.2, 0.25) is 11.9 Å². The first-order chi connectivity index (χ1) is 24.1. The lowest BCUT2D eigenvalue weighted by molar-refractivity contribution is -0.153. The van der Waals surface area contributed by atoms with Crippen molar-refractivity contribution in [3.8, 4) is 11.5 Å². The van der Waals surface area contributed by atoms with Crippen LogP contribution in [0.3, 0.4) is 0 Å². The zero-order chi connectivity index (χ0) is 35.4. The van der Waals surface area contributed by atoms with Gasteiger partial charge in [0.25, 0.3) is 5.56 Å². The Morgan fingerprint density at radius 2 is 1.56 bits per heavy atom. The maximum atomic E-state index is 12.9. The van der Waals surface area contributed by atoms with E-state index in [0.29, 0.717) is 11.5 Å². The molecule has 0 radical (unpaired) electrons. The normalized spacial score (nSPS) is 17.5. The Morgan fingerprint density at radius 1 is 0.960 bits per heavy atom. The first kappa shape index (κ1) is 34.3. The van der Waals surface area contributed by atoms with Crippen LogP contribution >= 0.6 is 0 Å². The number of methoxy groups -OCH3 is 2. The lowest BCUT2D eigenvalue weighted by Crippen LogP contribution is -2.39. The van der Waals surface area contributed by atoms with Gasteiger partial charge in [0.1, 0.15) is 35.5 Å². The number of ether oxygens (including phenoxy) is 5. The Kier molecular flexibility index (Phi) is 9.98. The van der Waals surface area contributed by atoms with Crippen LogP contribution in [0.5, 0.6) is 11.5 Å². The number of anilines is 1. The maximum Gasteiger partial charge on any atom is 0.302 e. The Bertz CT molecular complexity index is 1960. The molecule has 0 saturated carbocycles. The zero-order valence-electron chi connectivity index (χ0n) is 28.4. The molecule has 13 nitrogen and oxygen atoms in total. The van der Waals surface area contributed by atoms with Crippen LogP contribution in [0.15, 0.2) is 90.0 Å². The van der Waals surface area contributed by atoms with E-state index in [-0.39, 0.29) is 42.0 Å². The number of esters is 1. The lowest BCUT2D eigenvalue weighted by atomic mass is 9.80. The zero-order valence-corrected chi connectivity index (χ0v) is 28.4. The highest BCUT2D eigenvalue weighted by molar-refractivity contribution is 5.91. The molecular formula is C37H39N5O8. The molecule has 1 aliphatic heterocycles. The number of carbonyl (C=O) groups is 2. The summed E-state index contributed by atoms with van der Waals surface area (Å²) in [7, 11) is 3.22. The molecule has 0 bridgehead atoms. The SMILES string of the molecule is COc1ccc(C(OC[C@H]2O[C@@H](n3cnc4c(=O)[nH]c(NC(=O)C(C)C)nc43)CC2OC(C)=O)(c2ccccc2)c2ccc(OC)cc2)cc1. The van der Waals surface area contributed by atoms with Crippen molar-refractivity contribution in [3.05, 3.63) is 112 Å². The molecule has 3 aromatic carbocycles. The molecule has 2 N–H and O–H groups in total. The van der Waals surface area contributed by atoms with Gasteiger partial charge in [0.15, 0.2) is 11.2 Å². The number of H-pyrrole nitrogens is 1. The molecule has 2 aromatic heterocycles. The summed E-state index contributed by atoms with van der Waals surface area (Å²) in [6.07, 6.45) is -0.498. The first-order valence-electron chi connectivity index (χ1n) is 16.2. The summed E-state index contributed by atoms with van der Waals surface area (Å²) in [5, 5.41) is 2.63. The van der Waals surface area contributed by atoms with Gasteiger partial charge in [-0.15, -0.1) is 0 Å². The monoisotopic (exact) mass is 681 g/mol. The largest absolute Gasteiger partial charge is 0.497 e. The predicted molar refractivity (Wildman–Crippen MR) is 184 cm³/mol. The highest BCUT2D eigenvalue weighted by Gasteiger charge is 2.44. The fourth-order valence-electron chi connectivity index (χ4n) is 6.10. The summed E-state index contributed by atoms with van der Waals surface area (Å²) < 4.78 is 31.9. The smallest absolute Gasteiger partial charge is 0.302 e. The summed E-state index contributed by atoms with van der Waals surface area (Å²) in [5.74, 6) is 0.252. The van der Waals surface area contributed by atoms with Gasteiger partial charge in [-0.25, -0.2) is 4.98 Å². The van der Waals surface area contributed by atoms with Gasteiger partial charge >= 0.3 is 5.97 Å². The van der Waals surface area contributed by atoms with E-state index < -0.39 is 35.6 Å². The number of aromatic nitrogens is 4. The standard InChI is InChI=1S/C37H39N5O8/c1-22(2)34(44)40-36-39-33-32(35(45)41-36)38-21-42(33)31-19-29(49-23(3)43)30(50-31)20-48-37(24-9-7-6-8-10-24,25-11-15-27(46-4)16-12-25)26-13-17-28(47-5)18-14-26/h6-18,21-22,29-31H,19-20H2,1-5H3,(H2,39,40,41,44,45)/t29?,30-,31-/m1/s1. The van der Waals surface area contributed by atoms with Crippen LogP contribution in [0.2, 0.25) is 0 Å². The molecule has 1 unspecified atom stereocenters. The van der Waals surface area contributed by atoms with E-state index in [1.165, 1.54) is 13.3 Å². The van der Waals surface area contributed by atoms with E-state index in [1.54, 1.807) is 32.6 Å². The molecule has 3 atom stereocenters. The quantitative estimate of drug-likeness (QED) is 0.136. The lowest BCUT2D eigenvalue weighted by Gasteiger charge is -2.37. The van der Waals surface area contributed by atoms with Crippen LogP contribution in [0.4, 0.5) is 5.95 Å². The van der Waals surface area contributed by atoms with Gasteiger partial charge < -0.3 is 23.7 Å². The number of nitrogens with one attached hydrogen (secondary N) is 2. The van der Waals surface area contributed by atoms with E-state index in [4.69, 9.17) is 23.7 Å². The Hall–Kier alpha value is -5.53.